The molecule has 0 radical (unpaired) electrons. The van der Waals surface area contributed by atoms with Crippen molar-refractivity contribution in [2.24, 2.45) is 0 Å². The highest BCUT2D eigenvalue weighted by atomic mass is 32.1. The summed E-state index contributed by atoms with van der Waals surface area (Å²) in [6, 6.07) is 0.856. The maximum atomic E-state index is 5.18. The molecule has 0 amide bonds. The molecule has 50 valence electrons. The molecule has 2 rings (SSSR count). The smallest absolute Gasteiger partial charge is 0.167 e. The van der Waals surface area contributed by atoms with Gasteiger partial charge in [-0.2, -0.15) is 0 Å². The van der Waals surface area contributed by atoms with Crippen LogP contribution in [0, 0.1) is 0 Å². The zero-order chi connectivity index (χ0) is 6.27. The summed E-state index contributed by atoms with van der Waals surface area (Å²) in [5, 5.41) is 6.99. The minimum atomic E-state index is 0.428. The van der Waals surface area contributed by atoms with Gasteiger partial charge in [-0.15, -0.1) is 0 Å². The van der Waals surface area contributed by atoms with Crippen LogP contribution in [-0.2, 0) is 4.74 Å². The Bertz CT molecular complexity index is 136. The molecular weight excluding hydrogens is 136 g/mol. The van der Waals surface area contributed by atoms with Crippen LogP contribution in [-0.4, -0.2) is 30.4 Å². The lowest BCUT2D eigenvalue weighted by molar-refractivity contribution is 0.186. The van der Waals surface area contributed by atoms with Crippen LogP contribution >= 0.6 is 12.2 Å². The fourth-order valence-corrected chi connectivity index (χ4v) is 1.52. The summed E-state index contributed by atoms with van der Waals surface area (Å²) in [6.07, 6.45) is 0. The molecule has 0 aliphatic carbocycles. The Morgan fingerprint density at radius 3 is 2.44 bits per heavy atom. The summed E-state index contributed by atoms with van der Waals surface area (Å²) in [6.45, 7) is 1.58. The van der Waals surface area contributed by atoms with Crippen molar-refractivity contribution in [2.45, 2.75) is 12.1 Å². The van der Waals surface area contributed by atoms with Crippen molar-refractivity contribution in [3.63, 3.8) is 0 Å². The topological polar surface area (TPSA) is 33.3 Å². The number of nitrogens with one attached hydrogen (secondary N) is 2. The van der Waals surface area contributed by atoms with Crippen LogP contribution in [0.4, 0.5) is 0 Å². The average Bonchev–Trinajstić information content (AvgIpc) is 2.22. The van der Waals surface area contributed by atoms with Gasteiger partial charge in [0.25, 0.3) is 0 Å². The fourth-order valence-electron chi connectivity index (χ4n) is 1.22. The lowest BCUT2D eigenvalue weighted by atomic mass is 10.2. The molecule has 2 aliphatic rings. The Balaban J connectivity index is 2.09. The number of rotatable bonds is 0. The number of ether oxygens (including phenoxy) is 1. The predicted molar refractivity (Wildman–Crippen MR) is 37.3 cm³/mol. The van der Waals surface area contributed by atoms with Crippen LogP contribution in [0.25, 0.3) is 0 Å². The van der Waals surface area contributed by atoms with Gasteiger partial charge in [0.15, 0.2) is 5.11 Å². The van der Waals surface area contributed by atoms with E-state index in [2.05, 4.69) is 10.6 Å². The van der Waals surface area contributed by atoms with Gasteiger partial charge in [0, 0.05) is 0 Å². The molecule has 0 unspecified atom stereocenters. The summed E-state index contributed by atoms with van der Waals surface area (Å²) in [4.78, 5) is 0. The van der Waals surface area contributed by atoms with E-state index in [4.69, 9.17) is 17.0 Å². The van der Waals surface area contributed by atoms with Crippen molar-refractivity contribution in [1.29, 1.82) is 0 Å². The molecule has 2 atom stereocenters. The van der Waals surface area contributed by atoms with Gasteiger partial charge in [0.2, 0.25) is 0 Å². The summed E-state index contributed by atoms with van der Waals surface area (Å²) in [7, 11) is 0. The zero-order valence-corrected chi connectivity index (χ0v) is 5.70. The van der Waals surface area contributed by atoms with Gasteiger partial charge >= 0.3 is 0 Å². The third kappa shape index (κ3) is 0.784. The normalized spacial score (nSPS) is 39.8. The van der Waals surface area contributed by atoms with E-state index in [0.29, 0.717) is 12.1 Å². The molecule has 2 N–H and O–H groups in total. The van der Waals surface area contributed by atoms with Crippen LogP contribution in [0.15, 0.2) is 0 Å². The second-order valence-electron chi connectivity index (χ2n) is 2.37. The molecule has 0 bridgehead atoms. The highest BCUT2D eigenvalue weighted by Crippen LogP contribution is 2.09. The first-order valence-corrected chi connectivity index (χ1v) is 3.42. The molecule has 0 aromatic rings. The van der Waals surface area contributed by atoms with E-state index in [-0.39, 0.29) is 0 Å². The largest absolute Gasteiger partial charge is 0.377 e. The van der Waals surface area contributed by atoms with Gasteiger partial charge in [-0.25, -0.2) is 0 Å². The Hall–Kier alpha value is -0.350. The minimum absolute atomic E-state index is 0.428. The van der Waals surface area contributed by atoms with Crippen molar-refractivity contribution in [3.05, 3.63) is 0 Å². The molecule has 0 spiro atoms. The van der Waals surface area contributed by atoms with Crippen molar-refractivity contribution >= 4 is 17.3 Å². The molecule has 2 aliphatic heterocycles. The standard InChI is InChI=1S/C5H8N2OS/c9-5-6-3-1-8-2-4(3)7-5/h3-4H,1-2H2,(H2,6,7,9)/t3-,4+. The van der Waals surface area contributed by atoms with Crippen molar-refractivity contribution in [3.8, 4) is 0 Å². The maximum Gasteiger partial charge on any atom is 0.167 e. The average molecular weight is 144 g/mol. The van der Waals surface area contributed by atoms with Crippen LogP contribution in [0.3, 0.4) is 0 Å². The van der Waals surface area contributed by atoms with Crippen molar-refractivity contribution in [2.75, 3.05) is 13.2 Å². The third-order valence-corrected chi connectivity index (χ3v) is 1.95. The number of hydrogen-bond acceptors (Lipinski definition) is 2. The summed E-state index contributed by atoms with van der Waals surface area (Å²) in [5.74, 6) is 0. The molecule has 2 heterocycles. The van der Waals surface area contributed by atoms with Gasteiger partial charge < -0.3 is 15.4 Å². The van der Waals surface area contributed by atoms with Crippen LogP contribution in [0.1, 0.15) is 0 Å². The van der Waals surface area contributed by atoms with Crippen LogP contribution in [0.5, 0.6) is 0 Å². The predicted octanol–water partition coefficient (Wildman–Crippen LogP) is -0.769. The highest BCUT2D eigenvalue weighted by molar-refractivity contribution is 7.80. The van der Waals surface area contributed by atoms with Crippen molar-refractivity contribution in [1.82, 2.24) is 10.6 Å². The van der Waals surface area contributed by atoms with Gasteiger partial charge in [0.1, 0.15) is 0 Å². The Labute approximate surface area is 58.8 Å². The molecule has 2 fully saturated rings. The molecule has 0 aromatic heterocycles. The quantitative estimate of drug-likeness (QED) is 0.437. The first kappa shape index (κ1) is 5.44. The SMILES string of the molecule is S=C1N[C@H]2COC[C@H]2N1. The number of fused-ring (bicyclic) bond motifs is 1. The molecular formula is C5H8N2OS. The van der Waals surface area contributed by atoms with E-state index >= 15 is 0 Å². The molecule has 2 saturated heterocycles. The molecule has 4 heteroatoms. The van der Waals surface area contributed by atoms with Crippen molar-refractivity contribution < 1.29 is 4.74 Å². The van der Waals surface area contributed by atoms with Gasteiger partial charge in [-0.3, -0.25) is 0 Å². The lowest BCUT2D eigenvalue weighted by Crippen LogP contribution is -2.31. The van der Waals surface area contributed by atoms with E-state index in [1.807, 2.05) is 0 Å². The number of hydrogen-bond donors (Lipinski definition) is 2. The van der Waals surface area contributed by atoms with E-state index in [1.165, 1.54) is 0 Å². The Morgan fingerprint density at radius 1 is 1.33 bits per heavy atom. The second kappa shape index (κ2) is 1.82. The van der Waals surface area contributed by atoms with Crippen LogP contribution < -0.4 is 10.6 Å². The second-order valence-corrected chi connectivity index (χ2v) is 2.78. The maximum absolute atomic E-state index is 5.18. The molecule has 9 heavy (non-hydrogen) atoms. The van der Waals surface area contributed by atoms with Gasteiger partial charge in [0.05, 0.1) is 25.3 Å². The molecule has 3 nitrogen and oxygen atoms in total. The van der Waals surface area contributed by atoms with E-state index in [0.717, 1.165) is 18.3 Å². The first-order chi connectivity index (χ1) is 4.36. The monoisotopic (exact) mass is 144 g/mol. The Morgan fingerprint density at radius 2 is 1.89 bits per heavy atom. The molecule has 0 saturated carbocycles. The van der Waals surface area contributed by atoms with Gasteiger partial charge in [-0.05, 0) is 12.2 Å². The summed E-state index contributed by atoms with van der Waals surface area (Å²) in [5.41, 5.74) is 0. The molecule has 0 aromatic carbocycles. The van der Waals surface area contributed by atoms with Crippen LogP contribution in [0.2, 0.25) is 0 Å². The number of thiocarbonyl (C=S) groups is 1. The fraction of sp³-hybridized carbons (Fsp3) is 0.800. The Kier molecular flexibility index (Phi) is 1.10. The highest BCUT2D eigenvalue weighted by Gasteiger charge is 2.34. The van der Waals surface area contributed by atoms with Gasteiger partial charge in [-0.1, -0.05) is 0 Å². The van der Waals surface area contributed by atoms with E-state index in [1.54, 1.807) is 0 Å². The third-order valence-electron chi connectivity index (χ3n) is 1.71. The van der Waals surface area contributed by atoms with E-state index in [9.17, 15) is 0 Å². The lowest BCUT2D eigenvalue weighted by Gasteiger charge is -2.01. The summed E-state index contributed by atoms with van der Waals surface area (Å²) < 4.78 is 5.18. The van der Waals surface area contributed by atoms with E-state index < -0.39 is 0 Å². The summed E-state index contributed by atoms with van der Waals surface area (Å²) >= 11 is 4.90. The zero-order valence-electron chi connectivity index (χ0n) is 4.89. The minimum Gasteiger partial charge on any atom is -0.377 e. The first-order valence-electron chi connectivity index (χ1n) is 3.01.